The van der Waals surface area contributed by atoms with Crippen LogP contribution >= 0.6 is 11.6 Å². The molecule has 0 fully saturated rings. The van der Waals surface area contributed by atoms with Gasteiger partial charge in [0.25, 0.3) is 0 Å². The summed E-state index contributed by atoms with van der Waals surface area (Å²) in [6, 6.07) is 12.0. The molecule has 1 aromatic heterocycles. The van der Waals surface area contributed by atoms with Crippen LogP contribution in [0.4, 0.5) is 11.5 Å². The first-order chi connectivity index (χ1) is 7.86. The third-order valence-electron chi connectivity index (χ3n) is 2.90. The minimum atomic E-state index is 0.857. The van der Waals surface area contributed by atoms with E-state index in [9.17, 15) is 0 Å². The molecule has 2 nitrogen and oxygen atoms in total. The highest BCUT2D eigenvalue weighted by Crippen LogP contribution is 2.36. The zero-order valence-electron chi connectivity index (χ0n) is 8.73. The Kier molecular flexibility index (Phi) is 2.29. The fraction of sp³-hybridized carbons (Fsp3) is 0.154. The molecular weight excluding hydrogens is 220 g/mol. The number of halogens is 1. The van der Waals surface area contributed by atoms with E-state index in [0.717, 1.165) is 23.8 Å². The van der Waals surface area contributed by atoms with Crippen molar-refractivity contribution in [3.8, 4) is 0 Å². The SMILES string of the molecule is Clc1cccc2c1CCN2c1ccccn1. The average molecular weight is 231 g/mol. The molecule has 0 unspecified atom stereocenters. The number of anilines is 2. The molecule has 3 heteroatoms. The average Bonchev–Trinajstić information content (AvgIpc) is 2.75. The Morgan fingerprint density at radius 1 is 1.12 bits per heavy atom. The first kappa shape index (κ1) is 9.67. The Hall–Kier alpha value is -1.54. The Bertz CT molecular complexity index is 511. The van der Waals surface area contributed by atoms with Gasteiger partial charge in [0.05, 0.1) is 0 Å². The molecule has 1 aromatic carbocycles. The van der Waals surface area contributed by atoms with E-state index in [2.05, 4.69) is 16.0 Å². The number of benzene rings is 1. The normalized spacial score (nSPS) is 13.9. The fourth-order valence-corrected chi connectivity index (χ4v) is 2.41. The zero-order chi connectivity index (χ0) is 11.0. The van der Waals surface area contributed by atoms with Crippen LogP contribution in [0.25, 0.3) is 0 Å². The van der Waals surface area contributed by atoms with Crippen LogP contribution in [0.15, 0.2) is 42.6 Å². The van der Waals surface area contributed by atoms with Crippen LogP contribution in [-0.4, -0.2) is 11.5 Å². The van der Waals surface area contributed by atoms with E-state index in [1.165, 1.54) is 11.3 Å². The van der Waals surface area contributed by atoms with Gasteiger partial charge in [0, 0.05) is 23.5 Å². The summed E-state index contributed by atoms with van der Waals surface area (Å²) in [5.74, 6) is 0.989. The Labute approximate surface area is 99.5 Å². The van der Waals surface area contributed by atoms with Gasteiger partial charge < -0.3 is 4.90 Å². The number of hydrogen-bond acceptors (Lipinski definition) is 2. The van der Waals surface area contributed by atoms with Crippen LogP contribution in [0.2, 0.25) is 5.02 Å². The van der Waals surface area contributed by atoms with Crippen molar-refractivity contribution in [2.24, 2.45) is 0 Å². The lowest BCUT2D eigenvalue weighted by Crippen LogP contribution is -2.14. The summed E-state index contributed by atoms with van der Waals surface area (Å²) in [4.78, 5) is 6.58. The maximum absolute atomic E-state index is 6.18. The summed E-state index contributed by atoms with van der Waals surface area (Å²) in [5.41, 5.74) is 2.42. The molecule has 0 saturated carbocycles. The molecule has 1 aliphatic rings. The minimum Gasteiger partial charge on any atom is -0.326 e. The summed E-state index contributed by atoms with van der Waals surface area (Å²) in [5, 5.41) is 0.857. The molecule has 80 valence electrons. The highest BCUT2D eigenvalue weighted by atomic mass is 35.5. The predicted molar refractivity (Wildman–Crippen MR) is 66.4 cm³/mol. The second-order valence-electron chi connectivity index (χ2n) is 3.83. The topological polar surface area (TPSA) is 16.1 Å². The van der Waals surface area contributed by atoms with Crippen LogP contribution in [0.3, 0.4) is 0 Å². The van der Waals surface area contributed by atoms with E-state index in [4.69, 9.17) is 11.6 Å². The van der Waals surface area contributed by atoms with Gasteiger partial charge in [-0.2, -0.15) is 0 Å². The van der Waals surface area contributed by atoms with E-state index in [1.807, 2.05) is 36.5 Å². The van der Waals surface area contributed by atoms with E-state index < -0.39 is 0 Å². The van der Waals surface area contributed by atoms with E-state index >= 15 is 0 Å². The van der Waals surface area contributed by atoms with Gasteiger partial charge in [-0.25, -0.2) is 4.98 Å². The molecule has 0 radical (unpaired) electrons. The second kappa shape index (κ2) is 3.80. The maximum atomic E-state index is 6.18. The maximum Gasteiger partial charge on any atom is 0.132 e. The fourth-order valence-electron chi connectivity index (χ4n) is 2.14. The molecule has 0 saturated heterocycles. The third kappa shape index (κ3) is 1.46. The molecule has 0 atom stereocenters. The van der Waals surface area contributed by atoms with Crippen molar-refractivity contribution >= 4 is 23.1 Å². The lowest BCUT2D eigenvalue weighted by Gasteiger charge is -2.17. The molecule has 0 N–H and O–H groups in total. The van der Waals surface area contributed by atoms with E-state index in [-0.39, 0.29) is 0 Å². The lowest BCUT2D eigenvalue weighted by molar-refractivity contribution is 0.974. The van der Waals surface area contributed by atoms with Gasteiger partial charge >= 0.3 is 0 Å². The molecule has 3 rings (SSSR count). The van der Waals surface area contributed by atoms with Gasteiger partial charge in [-0.1, -0.05) is 23.7 Å². The number of hydrogen-bond donors (Lipinski definition) is 0. The van der Waals surface area contributed by atoms with Gasteiger partial charge in [-0.15, -0.1) is 0 Å². The van der Waals surface area contributed by atoms with Crippen LogP contribution < -0.4 is 4.90 Å². The first-order valence-electron chi connectivity index (χ1n) is 5.32. The number of pyridine rings is 1. The van der Waals surface area contributed by atoms with Crippen LogP contribution in [0.5, 0.6) is 0 Å². The largest absolute Gasteiger partial charge is 0.326 e. The van der Waals surface area contributed by atoms with E-state index in [1.54, 1.807) is 0 Å². The van der Waals surface area contributed by atoms with Crippen molar-refractivity contribution in [2.45, 2.75) is 6.42 Å². The second-order valence-corrected chi connectivity index (χ2v) is 4.23. The minimum absolute atomic E-state index is 0.857. The van der Waals surface area contributed by atoms with Gasteiger partial charge in [0.2, 0.25) is 0 Å². The molecule has 2 heterocycles. The third-order valence-corrected chi connectivity index (χ3v) is 3.25. The molecule has 0 aliphatic carbocycles. The molecule has 0 amide bonds. The van der Waals surface area contributed by atoms with E-state index in [0.29, 0.717) is 0 Å². The number of aromatic nitrogens is 1. The first-order valence-corrected chi connectivity index (χ1v) is 5.70. The van der Waals surface area contributed by atoms with Gasteiger partial charge in [-0.05, 0) is 36.2 Å². The van der Waals surface area contributed by atoms with Crippen molar-refractivity contribution < 1.29 is 0 Å². The summed E-state index contributed by atoms with van der Waals surface area (Å²) in [7, 11) is 0. The van der Waals surface area contributed by atoms with Crippen molar-refractivity contribution in [2.75, 3.05) is 11.4 Å². The van der Waals surface area contributed by atoms with Crippen LogP contribution in [-0.2, 0) is 6.42 Å². The molecule has 0 bridgehead atoms. The number of rotatable bonds is 1. The molecule has 16 heavy (non-hydrogen) atoms. The summed E-state index contributed by atoms with van der Waals surface area (Å²) >= 11 is 6.18. The molecular formula is C13H11ClN2. The lowest BCUT2D eigenvalue weighted by atomic mass is 10.2. The quantitative estimate of drug-likeness (QED) is 0.746. The predicted octanol–water partition coefficient (Wildman–Crippen LogP) is 3.43. The van der Waals surface area contributed by atoms with Gasteiger partial charge in [0.1, 0.15) is 5.82 Å². The van der Waals surface area contributed by atoms with Crippen molar-refractivity contribution in [1.29, 1.82) is 0 Å². The van der Waals surface area contributed by atoms with Gasteiger partial charge in [-0.3, -0.25) is 0 Å². The molecule has 1 aliphatic heterocycles. The van der Waals surface area contributed by atoms with Crippen molar-refractivity contribution in [3.63, 3.8) is 0 Å². The van der Waals surface area contributed by atoms with Crippen LogP contribution in [0, 0.1) is 0 Å². The highest BCUT2D eigenvalue weighted by Gasteiger charge is 2.22. The van der Waals surface area contributed by atoms with Crippen molar-refractivity contribution in [3.05, 3.63) is 53.2 Å². The standard InChI is InChI=1S/C13H11ClN2/c14-11-4-3-5-12-10(11)7-9-16(12)13-6-1-2-8-15-13/h1-6,8H,7,9H2. The number of nitrogens with zero attached hydrogens (tertiary/aromatic N) is 2. The van der Waals surface area contributed by atoms with Crippen LogP contribution in [0.1, 0.15) is 5.56 Å². The van der Waals surface area contributed by atoms with Crippen molar-refractivity contribution in [1.82, 2.24) is 4.98 Å². The smallest absolute Gasteiger partial charge is 0.132 e. The highest BCUT2D eigenvalue weighted by molar-refractivity contribution is 6.31. The zero-order valence-corrected chi connectivity index (χ0v) is 9.48. The summed E-state index contributed by atoms with van der Waals surface area (Å²) in [6.45, 7) is 0.954. The van der Waals surface area contributed by atoms with Gasteiger partial charge in [0.15, 0.2) is 0 Å². The number of fused-ring (bicyclic) bond motifs is 1. The Morgan fingerprint density at radius 3 is 2.88 bits per heavy atom. The summed E-state index contributed by atoms with van der Waals surface area (Å²) < 4.78 is 0. The Morgan fingerprint density at radius 2 is 2.06 bits per heavy atom. The molecule has 2 aromatic rings. The summed E-state index contributed by atoms with van der Waals surface area (Å²) in [6.07, 6.45) is 2.81. The Balaban J connectivity index is 2.07. The molecule has 0 spiro atoms. The monoisotopic (exact) mass is 230 g/mol.